The Labute approximate surface area is 114 Å². The zero-order chi connectivity index (χ0) is 13.9. The summed E-state index contributed by atoms with van der Waals surface area (Å²) in [5.41, 5.74) is 0.236. The van der Waals surface area contributed by atoms with Gasteiger partial charge in [-0.15, -0.1) is 0 Å². The smallest absolute Gasteiger partial charge is 0.177 e. The molecule has 4 heteroatoms. The van der Waals surface area contributed by atoms with E-state index in [0.717, 1.165) is 25.9 Å². The van der Waals surface area contributed by atoms with Crippen LogP contribution in [0.5, 0.6) is 11.5 Å². The highest BCUT2D eigenvalue weighted by Gasteiger charge is 2.42. The first-order chi connectivity index (χ1) is 9.18. The number of nitrogens with one attached hydrogen (secondary N) is 1. The van der Waals surface area contributed by atoms with Gasteiger partial charge in [0.1, 0.15) is 17.1 Å². The summed E-state index contributed by atoms with van der Waals surface area (Å²) in [4.78, 5) is 13.0. The minimum Gasteiger partial charge on any atom is -0.496 e. The first-order valence-corrected chi connectivity index (χ1v) is 6.65. The Morgan fingerprint density at radius 3 is 2.37 bits per heavy atom. The number of benzene rings is 1. The number of carbonyl (C=O) groups is 1. The average Bonchev–Trinajstić information content (AvgIpc) is 2.95. The fourth-order valence-corrected chi connectivity index (χ4v) is 2.74. The maximum absolute atomic E-state index is 13.0. The Kier molecular flexibility index (Phi) is 4.10. The van der Waals surface area contributed by atoms with Crippen molar-refractivity contribution in [2.45, 2.75) is 19.8 Å². The van der Waals surface area contributed by atoms with Gasteiger partial charge in [-0.1, -0.05) is 13.0 Å². The molecule has 0 radical (unpaired) electrons. The van der Waals surface area contributed by atoms with Crippen LogP contribution in [0.2, 0.25) is 0 Å². The fourth-order valence-electron chi connectivity index (χ4n) is 2.74. The molecule has 1 unspecified atom stereocenters. The van der Waals surface area contributed by atoms with Gasteiger partial charge < -0.3 is 14.8 Å². The number of carbonyl (C=O) groups excluding carboxylic acids is 1. The van der Waals surface area contributed by atoms with E-state index in [0.29, 0.717) is 17.1 Å². The summed E-state index contributed by atoms with van der Waals surface area (Å²) in [6.07, 6.45) is 1.68. The third-order valence-corrected chi connectivity index (χ3v) is 4.06. The van der Waals surface area contributed by atoms with Crippen LogP contribution < -0.4 is 14.8 Å². The largest absolute Gasteiger partial charge is 0.496 e. The van der Waals surface area contributed by atoms with Gasteiger partial charge in [0.15, 0.2) is 5.78 Å². The Bertz CT molecular complexity index is 442. The lowest BCUT2D eigenvalue weighted by Crippen LogP contribution is -2.33. The van der Waals surface area contributed by atoms with Crippen molar-refractivity contribution < 1.29 is 14.3 Å². The van der Waals surface area contributed by atoms with Gasteiger partial charge in [-0.2, -0.15) is 0 Å². The molecule has 0 amide bonds. The van der Waals surface area contributed by atoms with Gasteiger partial charge in [0.25, 0.3) is 0 Å². The van der Waals surface area contributed by atoms with E-state index in [4.69, 9.17) is 9.47 Å². The summed E-state index contributed by atoms with van der Waals surface area (Å²) in [7, 11) is 3.16. The summed E-state index contributed by atoms with van der Waals surface area (Å²) in [5, 5.41) is 3.29. The second kappa shape index (κ2) is 5.61. The molecule has 1 aromatic rings. The molecule has 1 N–H and O–H groups in total. The molecule has 0 spiro atoms. The van der Waals surface area contributed by atoms with Gasteiger partial charge in [-0.05, 0) is 31.5 Å². The molecule has 0 aliphatic carbocycles. The monoisotopic (exact) mass is 263 g/mol. The van der Waals surface area contributed by atoms with E-state index in [2.05, 4.69) is 12.2 Å². The number of hydrogen-bond donors (Lipinski definition) is 1. The topological polar surface area (TPSA) is 47.6 Å². The predicted molar refractivity (Wildman–Crippen MR) is 74.1 cm³/mol. The molecule has 0 aromatic heterocycles. The van der Waals surface area contributed by atoms with E-state index in [1.54, 1.807) is 14.2 Å². The second-order valence-electron chi connectivity index (χ2n) is 4.93. The Morgan fingerprint density at radius 2 is 1.95 bits per heavy atom. The van der Waals surface area contributed by atoms with Crippen molar-refractivity contribution in [1.29, 1.82) is 0 Å². The molecule has 1 saturated heterocycles. The second-order valence-corrected chi connectivity index (χ2v) is 4.93. The van der Waals surface area contributed by atoms with Gasteiger partial charge in [0.2, 0.25) is 0 Å². The maximum atomic E-state index is 13.0. The Hall–Kier alpha value is -1.55. The molecule has 1 aliphatic heterocycles. The molecule has 1 fully saturated rings. The number of ketones is 1. The first-order valence-electron chi connectivity index (χ1n) is 6.65. The molecule has 1 atom stereocenters. The predicted octanol–water partition coefficient (Wildman–Crippen LogP) is 2.28. The zero-order valence-corrected chi connectivity index (χ0v) is 11.8. The van der Waals surface area contributed by atoms with Crippen LogP contribution >= 0.6 is 0 Å². The third-order valence-electron chi connectivity index (χ3n) is 4.06. The fraction of sp³-hybridized carbons (Fsp3) is 0.533. The van der Waals surface area contributed by atoms with Crippen molar-refractivity contribution in [2.75, 3.05) is 27.3 Å². The highest BCUT2D eigenvalue weighted by atomic mass is 16.5. The quantitative estimate of drug-likeness (QED) is 0.828. The zero-order valence-electron chi connectivity index (χ0n) is 11.8. The van der Waals surface area contributed by atoms with Crippen LogP contribution in [0.4, 0.5) is 0 Å². The molecule has 1 heterocycles. The summed E-state index contributed by atoms with van der Waals surface area (Å²) in [6.45, 7) is 3.67. The molecule has 1 aliphatic rings. The normalized spacial score (nSPS) is 22.3. The van der Waals surface area contributed by atoms with Crippen molar-refractivity contribution in [3.8, 4) is 11.5 Å². The molecule has 104 valence electrons. The van der Waals surface area contributed by atoms with E-state index >= 15 is 0 Å². The third kappa shape index (κ3) is 2.32. The standard InChI is InChI=1S/C15H21NO3/c1-4-15(8-9-16-10-15)14(17)13-11(18-2)6-5-7-12(13)19-3/h5-7,16H,4,8-10H2,1-3H3. The molecular weight excluding hydrogens is 242 g/mol. The molecule has 4 nitrogen and oxygen atoms in total. The van der Waals surface area contributed by atoms with Crippen molar-refractivity contribution in [2.24, 2.45) is 5.41 Å². The minimum absolute atomic E-state index is 0.120. The van der Waals surface area contributed by atoms with Crippen LogP contribution in [0.15, 0.2) is 18.2 Å². The lowest BCUT2D eigenvalue weighted by Gasteiger charge is -2.26. The van der Waals surface area contributed by atoms with Crippen LogP contribution in [0.1, 0.15) is 30.1 Å². The number of ether oxygens (including phenoxy) is 2. The lowest BCUT2D eigenvalue weighted by molar-refractivity contribution is 0.0803. The highest BCUT2D eigenvalue weighted by Crippen LogP contribution is 2.39. The summed E-state index contributed by atoms with van der Waals surface area (Å²) < 4.78 is 10.7. The number of Topliss-reactive ketones (excluding diaryl/α,β-unsaturated/α-hetero) is 1. The van der Waals surface area contributed by atoms with E-state index in [9.17, 15) is 4.79 Å². The van der Waals surface area contributed by atoms with Crippen molar-refractivity contribution in [3.05, 3.63) is 23.8 Å². The summed E-state index contributed by atoms with van der Waals surface area (Å²) >= 11 is 0. The van der Waals surface area contributed by atoms with Crippen LogP contribution in [0, 0.1) is 5.41 Å². The van der Waals surface area contributed by atoms with E-state index in [-0.39, 0.29) is 11.2 Å². The van der Waals surface area contributed by atoms with E-state index in [1.165, 1.54) is 0 Å². The number of methoxy groups -OCH3 is 2. The van der Waals surface area contributed by atoms with E-state index in [1.807, 2.05) is 18.2 Å². The van der Waals surface area contributed by atoms with Crippen molar-refractivity contribution in [1.82, 2.24) is 5.32 Å². The Balaban J connectivity index is 2.48. The molecule has 19 heavy (non-hydrogen) atoms. The summed E-state index contributed by atoms with van der Waals surface area (Å²) in [5.74, 6) is 1.29. The Morgan fingerprint density at radius 1 is 1.32 bits per heavy atom. The van der Waals surface area contributed by atoms with Gasteiger partial charge in [-0.3, -0.25) is 4.79 Å². The van der Waals surface area contributed by atoms with Crippen LogP contribution in [-0.4, -0.2) is 33.1 Å². The minimum atomic E-state index is -0.331. The van der Waals surface area contributed by atoms with Crippen LogP contribution in [0.25, 0.3) is 0 Å². The number of hydrogen-bond acceptors (Lipinski definition) is 4. The maximum Gasteiger partial charge on any atom is 0.177 e. The van der Waals surface area contributed by atoms with E-state index < -0.39 is 0 Å². The van der Waals surface area contributed by atoms with Crippen molar-refractivity contribution in [3.63, 3.8) is 0 Å². The number of rotatable bonds is 5. The van der Waals surface area contributed by atoms with Gasteiger partial charge in [-0.25, -0.2) is 0 Å². The SMILES string of the molecule is CCC1(C(=O)c2c(OC)cccc2OC)CCNC1. The van der Waals surface area contributed by atoms with Gasteiger partial charge in [0, 0.05) is 12.0 Å². The average molecular weight is 263 g/mol. The molecule has 1 aromatic carbocycles. The lowest BCUT2D eigenvalue weighted by atomic mass is 9.77. The van der Waals surface area contributed by atoms with Gasteiger partial charge >= 0.3 is 0 Å². The molecule has 0 saturated carbocycles. The van der Waals surface area contributed by atoms with Crippen LogP contribution in [-0.2, 0) is 0 Å². The molecular formula is C15H21NO3. The first kappa shape index (κ1) is 13.9. The highest BCUT2D eigenvalue weighted by molar-refractivity contribution is 6.05. The summed E-state index contributed by atoms with van der Waals surface area (Å²) in [6, 6.07) is 5.45. The van der Waals surface area contributed by atoms with Crippen molar-refractivity contribution >= 4 is 5.78 Å². The molecule has 0 bridgehead atoms. The van der Waals surface area contributed by atoms with Gasteiger partial charge in [0.05, 0.1) is 14.2 Å². The van der Waals surface area contributed by atoms with Crippen LogP contribution in [0.3, 0.4) is 0 Å². The molecule has 2 rings (SSSR count).